The first-order valence-corrected chi connectivity index (χ1v) is 5.26. The van der Waals surface area contributed by atoms with Crippen LogP contribution in [0.2, 0.25) is 0 Å². The van der Waals surface area contributed by atoms with E-state index in [1.165, 1.54) is 19.9 Å². The number of rotatable bonds is 4. The van der Waals surface area contributed by atoms with E-state index in [-0.39, 0.29) is 11.1 Å². The zero-order chi connectivity index (χ0) is 14.0. The average Bonchev–Trinajstić information content (AvgIpc) is 2.26. The van der Waals surface area contributed by atoms with Gasteiger partial charge in [-0.1, -0.05) is 6.07 Å². The minimum Gasteiger partial charge on any atom is -0.478 e. The first-order valence-electron chi connectivity index (χ1n) is 5.26. The van der Waals surface area contributed by atoms with Crippen molar-refractivity contribution in [2.45, 2.75) is 26.1 Å². The molecule has 0 fully saturated rings. The predicted molar refractivity (Wildman–Crippen MR) is 61.6 cm³/mol. The van der Waals surface area contributed by atoms with Crippen molar-refractivity contribution in [1.82, 2.24) is 0 Å². The van der Waals surface area contributed by atoms with Gasteiger partial charge in [-0.2, -0.15) is 0 Å². The second-order valence-electron chi connectivity index (χ2n) is 3.95. The van der Waals surface area contributed by atoms with E-state index in [9.17, 15) is 19.8 Å². The Bertz CT molecular complexity index is 490. The number of hydrogen-bond acceptors (Lipinski definition) is 4. The summed E-state index contributed by atoms with van der Waals surface area (Å²) >= 11 is 0. The van der Waals surface area contributed by atoms with Crippen molar-refractivity contribution in [3.8, 4) is 0 Å². The Morgan fingerprint density at radius 1 is 1.00 bits per heavy atom. The van der Waals surface area contributed by atoms with E-state index in [1.807, 2.05) is 0 Å². The number of carboxylic acids is 2. The highest BCUT2D eigenvalue weighted by Gasteiger charge is 2.26. The molecule has 0 spiro atoms. The van der Waals surface area contributed by atoms with Crippen molar-refractivity contribution < 1.29 is 30.0 Å². The quantitative estimate of drug-likeness (QED) is 0.641. The fourth-order valence-corrected chi connectivity index (χ4v) is 1.86. The number of aromatic carboxylic acids is 2. The summed E-state index contributed by atoms with van der Waals surface area (Å²) in [4.78, 5) is 22.1. The molecule has 18 heavy (non-hydrogen) atoms. The molecule has 0 amide bonds. The van der Waals surface area contributed by atoms with E-state index in [1.54, 1.807) is 0 Å². The molecule has 98 valence electrons. The normalized spacial score (nSPS) is 14.0. The fraction of sp³-hybridized carbons (Fsp3) is 0.333. The maximum absolute atomic E-state index is 11.2. The Hall–Kier alpha value is -1.92. The van der Waals surface area contributed by atoms with Gasteiger partial charge in [0.2, 0.25) is 0 Å². The summed E-state index contributed by atoms with van der Waals surface area (Å²) in [6, 6.07) is 2.42. The van der Waals surface area contributed by atoms with Gasteiger partial charge in [0.05, 0.1) is 23.3 Å². The molecule has 0 radical (unpaired) electrons. The summed E-state index contributed by atoms with van der Waals surface area (Å²) in [5, 5.41) is 37.2. The van der Waals surface area contributed by atoms with Crippen LogP contribution in [0.25, 0.3) is 0 Å². The van der Waals surface area contributed by atoms with Crippen LogP contribution in [-0.2, 0) is 0 Å². The van der Waals surface area contributed by atoms with Crippen molar-refractivity contribution in [1.29, 1.82) is 0 Å². The van der Waals surface area contributed by atoms with Crippen LogP contribution in [-0.4, -0.2) is 32.4 Å². The molecule has 0 saturated carbocycles. The molecule has 0 bridgehead atoms. The lowest BCUT2D eigenvalue weighted by molar-refractivity contribution is 0.0645. The van der Waals surface area contributed by atoms with Gasteiger partial charge < -0.3 is 20.4 Å². The molecular weight excluding hydrogens is 240 g/mol. The largest absolute Gasteiger partial charge is 0.478 e. The molecule has 6 nitrogen and oxygen atoms in total. The number of carboxylic acid groups (broad SMARTS) is 2. The van der Waals surface area contributed by atoms with Crippen molar-refractivity contribution in [3.63, 3.8) is 0 Å². The molecule has 0 saturated heterocycles. The molecule has 0 aliphatic carbocycles. The summed E-state index contributed by atoms with van der Waals surface area (Å²) in [5.74, 6) is -2.85. The van der Waals surface area contributed by atoms with E-state index in [2.05, 4.69) is 0 Å². The van der Waals surface area contributed by atoms with Crippen LogP contribution < -0.4 is 0 Å². The Balaban J connectivity index is 3.71. The molecule has 0 aliphatic rings. The lowest BCUT2D eigenvalue weighted by Gasteiger charge is -2.18. The van der Waals surface area contributed by atoms with Gasteiger partial charge in [-0.15, -0.1) is 0 Å². The highest BCUT2D eigenvalue weighted by molar-refractivity contribution is 6.03. The van der Waals surface area contributed by atoms with Gasteiger partial charge >= 0.3 is 11.9 Å². The van der Waals surface area contributed by atoms with Crippen LogP contribution in [0.15, 0.2) is 12.1 Å². The first kappa shape index (κ1) is 14.1. The van der Waals surface area contributed by atoms with Gasteiger partial charge in [0.15, 0.2) is 0 Å². The molecule has 0 heterocycles. The van der Waals surface area contributed by atoms with E-state index in [4.69, 9.17) is 10.2 Å². The number of aliphatic hydroxyl groups is 2. The van der Waals surface area contributed by atoms with Crippen LogP contribution in [0.5, 0.6) is 0 Å². The molecule has 1 aromatic rings. The summed E-state index contributed by atoms with van der Waals surface area (Å²) in [6.45, 7) is 2.73. The molecule has 6 heteroatoms. The Kier molecular flexibility index (Phi) is 4.05. The van der Waals surface area contributed by atoms with Crippen molar-refractivity contribution in [3.05, 3.63) is 34.4 Å². The lowest BCUT2D eigenvalue weighted by atomic mass is 9.90. The van der Waals surface area contributed by atoms with E-state index < -0.39 is 35.3 Å². The third-order valence-electron chi connectivity index (χ3n) is 2.59. The van der Waals surface area contributed by atoms with E-state index >= 15 is 0 Å². The average molecular weight is 254 g/mol. The van der Waals surface area contributed by atoms with Crippen LogP contribution in [0.4, 0.5) is 0 Å². The van der Waals surface area contributed by atoms with Gasteiger partial charge in [-0.25, -0.2) is 9.59 Å². The molecule has 2 unspecified atom stereocenters. The summed E-state index contributed by atoms with van der Waals surface area (Å²) in [6.07, 6.45) is -2.20. The van der Waals surface area contributed by atoms with E-state index in [0.717, 1.165) is 6.07 Å². The fourth-order valence-electron chi connectivity index (χ4n) is 1.86. The molecular formula is C12H14O6. The smallest absolute Gasteiger partial charge is 0.336 e. The molecule has 0 aromatic heterocycles. The van der Waals surface area contributed by atoms with Crippen molar-refractivity contribution in [2.24, 2.45) is 0 Å². The van der Waals surface area contributed by atoms with Gasteiger partial charge in [-0.05, 0) is 25.5 Å². The Morgan fingerprint density at radius 2 is 1.56 bits per heavy atom. The summed E-state index contributed by atoms with van der Waals surface area (Å²) in [5.41, 5.74) is -0.775. The van der Waals surface area contributed by atoms with Gasteiger partial charge in [0.1, 0.15) is 0 Å². The van der Waals surface area contributed by atoms with Crippen molar-refractivity contribution in [2.75, 3.05) is 0 Å². The Morgan fingerprint density at radius 3 is 1.89 bits per heavy atom. The number of aliphatic hydroxyl groups excluding tert-OH is 2. The zero-order valence-electron chi connectivity index (χ0n) is 9.91. The number of hydrogen-bond donors (Lipinski definition) is 4. The zero-order valence-corrected chi connectivity index (χ0v) is 9.91. The highest BCUT2D eigenvalue weighted by atomic mass is 16.4. The van der Waals surface area contributed by atoms with Crippen LogP contribution >= 0.6 is 0 Å². The van der Waals surface area contributed by atoms with Gasteiger partial charge in [-0.3, -0.25) is 0 Å². The summed E-state index contributed by atoms with van der Waals surface area (Å²) < 4.78 is 0. The first-order chi connectivity index (χ1) is 8.27. The number of carbonyl (C=O) groups is 2. The van der Waals surface area contributed by atoms with E-state index in [0.29, 0.717) is 0 Å². The minimum atomic E-state index is -1.45. The molecule has 1 rings (SSSR count). The number of benzene rings is 1. The Labute approximate surface area is 103 Å². The molecule has 0 aliphatic heterocycles. The minimum absolute atomic E-state index is 0.0719. The second kappa shape index (κ2) is 5.16. The van der Waals surface area contributed by atoms with Crippen molar-refractivity contribution >= 4 is 11.9 Å². The van der Waals surface area contributed by atoms with Crippen LogP contribution in [0.1, 0.15) is 57.9 Å². The maximum Gasteiger partial charge on any atom is 0.336 e. The third-order valence-corrected chi connectivity index (χ3v) is 2.59. The third kappa shape index (κ3) is 2.49. The van der Waals surface area contributed by atoms with Gasteiger partial charge in [0.25, 0.3) is 0 Å². The maximum atomic E-state index is 11.2. The SMILES string of the molecule is CC(O)c1ccc(C(=O)O)c(C(=O)O)c1C(C)O. The second-order valence-corrected chi connectivity index (χ2v) is 3.95. The van der Waals surface area contributed by atoms with Crippen LogP contribution in [0, 0.1) is 0 Å². The molecule has 2 atom stereocenters. The standard InChI is InChI=1S/C12H14O6/c1-5(13)7-3-4-8(11(15)16)10(12(17)18)9(7)6(2)14/h3-6,13-14H,1-2H3,(H,15,16)(H,17,18). The monoisotopic (exact) mass is 254 g/mol. The summed E-state index contributed by atoms with van der Waals surface area (Å²) in [7, 11) is 0. The highest BCUT2D eigenvalue weighted by Crippen LogP contribution is 2.29. The lowest BCUT2D eigenvalue weighted by Crippen LogP contribution is -2.16. The topological polar surface area (TPSA) is 115 Å². The predicted octanol–water partition coefficient (Wildman–Crippen LogP) is 1.19. The van der Waals surface area contributed by atoms with Crippen LogP contribution in [0.3, 0.4) is 0 Å². The van der Waals surface area contributed by atoms with Gasteiger partial charge in [0, 0.05) is 5.56 Å². The molecule has 1 aromatic carbocycles. The molecule has 4 N–H and O–H groups in total.